The SMILES string of the molecule is O=C(NCCN1C(=O)SC(=Cc2ccc(Cl)cc2)C1=O)c1ccc(=O)[nH]n1. The molecule has 0 aliphatic carbocycles. The van der Waals surface area contributed by atoms with E-state index in [1.54, 1.807) is 30.3 Å². The maximum atomic E-state index is 12.4. The number of thioether (sulfide) groups is 1. The van der Waals surface area contributed by atoms with Crippen molar-refractivity contribution >= 4 is 46.5 Å². The van der Waals surface area contributed by atoms with Crippen molar-refractivity contribution in [1.82, 2.24) is 20.4 Å². The Balaban J connectivity index is 1.59. The minimum absolute atomic E-state index is 0.0255. The van der Waals surface area contributed by atoms with Gasteiger partial charge in [0.1, 0.15) is 5.69 Å². The van der Waals surface area contributed by atoms with Gasteiger partial charge in [0.15, 0.2) is 0 Å². The molecule has 2 N–H and O–H groups in total. The van der Waals surface area contributed by atoms with Gasteiger partial charge in [0.25, 0.3) is 22.6 Å². The fourth-order valence-corrected chi connectivity index (χ4v) is 3.24. The molecule has 0 unspecified atom stereocenters. The lowest BCUT2D eigenvalue weighted by molar-refractivity contribution is -0.122. The maximum Gasteiger partial charge on any atom is 0.293 e. The number of carbonyl (C=O) groups excluding carboxylic acids is 3. The van der Waals surface area contributed by atoms with Crippen molar-refractivity contribution in [2.45, 2.75) is 0 Å². The van der Waals surface area contributed by atoms with Gasteiger partial charge in [-0.25, -0.2) is 5.10 Å². The molecule has 3 rings (SSSR count). The second-order valence-corrected chi connectivity index (χ2v) is 6.88. The van der Waals surface area contributed by atoms with E-state index in [1.807, 2.05) is 0 Å². The highest BCUT2D eigenvalue weighted by Crippen LogP contribution is 2.32. The topological polar surface area (TPSA) is 112 Å². The molecule has 0 spiro atoms. The van der Waals surface area contributed by atoms with Gasteiger partial charge in [-0.05, 0) is 41.6 Å². The number of amides is 3. The number of rotatable bonds is 5. The summed E-state index contributed by atoms with van der Waals surface area (Å²) in [5, 5.41) is 8.47. The molecule has 138 valence electrons. The van der Waals surface area contributed by atoms with Gasteiger partial charge in [-0.15, -0.1) is 0 Å². The summed E-state index contributed by atoms with van der Waals surface area (Å²) in [4.78, 5) is 48.7. The Labute approximate surface area is 162 Å². The Morgan fingerprint density at radius 3 is 2.59 bits per heavy atom. The molecule has 1 aromatic heterocycles. The number of imide groups is 1. The third kappa shape index (κ3) is 4.63. The molecule has 3 amide bonds. The van der Waals surface area contributed by atoms with Crippen LogP contribution >= 0.6 is 23.4 Å². The summed E-state index contributed by atoms with van der Waals surface area (Å²) in [7, 11) is 0. The normalized spacial score (nSPS) is 15.4. The van der Waals surface area contributed by atoms with Crippen LogP contribution in [0, 0.1) is 0 Å². The summed E-state index contributed by atoms with van der Waals surface area (Å²) < 4.78 is 0. The Kier molecular flexibility index (Phi) is 5.72. The van der Waals surface area contributed by atoms with Crippen LogP contribution in [-0.2, 0) is 4.79 Å². The lowest BCUT2D eigenvalue weighted by atomic mass is 10.2. The molecule has 0 saturated carbocycles. The predicted molar refractivity (Wildman–Crippen MR) is 101 cm³/mol. The summed E-state index contributed by atoms with van der Waals surface area (Å²) in [6.07, 6.45) is 1.62. The van der Waals surface area contributed by atoms with E-state index in [1.165, 1.54) is 12.1 Å². The third-order valence-corrected chi connectivity index (χ3v) is 4.73. The average Bonchev–Trinajstić information content (AvgIpc) is 2.91. The molecular formula is C17H13ClN4O4S. The van der Waals surface area contributed by atoms with Crippen LogP contribution in [0.5, 0.6) is 0 Å². The fraction of sp³-hybridized carbons (Fsp3) is 0.118. The number of nitrogens with one attached hydrogen (secondary N) is 2. The zero-order valence-corrected chi connectivity index (χ0v) is 15.3. The minimum atomic E-state index is -0.519. The van der Waals surface area contributed by atoms with E-state index < -0.39 is 22.6 Å². The van der Waals surface area contributed by atoms with Crippen molar-refractivity contribution in [2.75, 3.05) is 13.1 Å². The van der Waals surface area contributed by atoms with Gasteiger partial charge < -0.3 is 5.32 Å². The number of halogens is 1. The fourth-order valence-electron chi connectivity index (χ4n) is 2.25. The summed E-state index contributed by atoms with van der Waals surface area (Å²) >= 11 is 6.66. The van der Waals surface area contributed by atoms with Crippen LogP contribution in [0.2, 0.25) is 5.02 Å². The highest BCUT2D eigenvalue weighted by molar-refractivity contribution is 8.18. The molecule has 0 radical (unpaired) electrons. The number of H-pyrrole nitrogens is 1. The molecular weight excluding hydrogens is 392 g/mol. The van der Waals surface area contributed by atoms with Gasteiger partial charge >= 0.3 is 0 Å². The second kappa shape index (κ2) is 8.19. The number of benzene rings is 1. The Hall–Kier alpha value is -2.91. The number of nitrogens with zero attached hydrogens (tertiary/aromatic N) is 2. The van der Waals surface area contributed by atoms with E-state index in [4.69, 9.17) is 11.6 Å². The van der Waals surface area contributed by atoms with Gasteiger partial charge in [-0.2, -0.15) is 5.10 Å². The lowest BCUT2D eigenvalue weighted by Gasteiger charge is -2.12. The van der Waals surface area contributed by atoms with E-state index in [0.29, 0.717) is 9.93 Å². The van der Waals surface area contributed by atoms with Gasteiger partial charge in [0.05, 0.1) is 4.91 Å². The van der Waals surface area contributed by atoms with Crippen LogP contribution in [0.25, 0.3) is 6.08 Å². The zero-order valence-electron chi connectivity index (χ0n) is 13.8. The highest BCUT2D eigenvalue weighted by Gasteiger charge is 2.34. The number of carbonyl (C=O) groups is 3. The number of aromatic nitrogens is 2. The monoisotopic (exact) mass is 404 g/mol. The lowest BCUT2D eigenvalue weighted by Crippen LogP contribution is -2.37. The van der Waals surface area contributed by atoms with Crippen LogP contribution in [0.15, 0.2) is 46.1 Å². The molecule has 2 aromatic rings. The summed E-state index contributed by atoms with van der Waals surface area (Å²) in [5.41, 5.74) is 0.366. The van der Waals surface area contributed by atoms with E-state index in [0.717, 1.165) is 22.2 Å². The summed E-state index contributed by atoms with van der Waals surface area (Å²) in [6.45, 7) is 0.0869. The van der Waals surface area contributed by atoms with Crippen molar-refractivity contribution in [3.05, 3.63) is 67.9 Å². The van der Waals surface area contributed by atoms with Gasteiger partial charge in [0.2, 0.25) is 0 Å². The smallest absolute Gasteiger partial charge is 0.293 e. The molecule has 1 aliphatic rings. The molecule has 8 nitrogen and oxygen atoms in total. The van der Waals surface area contributed by atoms with Crippen LogP contribution < -0.4 is 10.9 Å². The van der Waals surface area contributed by atoms with Gasteiger partial charge in [0, 0.05) is 24.2 Å². The third-order valence-electron chi connectivity index (χ3n) is 3.57. The summed E-state index contributed by atoms with van der Waals surface area (Å²) in [6, 6.07) is 9.33. The number of aromatic amines is 1. The molecule has 1 saturated heterocycles. The first-order chi connectivity index (χ1) is 12.9. The Morgan fingerprint density at radius 1 is 1.19 bits per heavy atom. The number of hydrogen-bond donors (Lipinski definition) is 2. The predicted octanol–water partition coefficient (Wildman–Crippen LogP) is 1.89. The minimum Gasteiger partial charge on any atom is -0.349 e. The molecule has 10 heteroatoms. The largest absolute Gasteiger partial charge is 0.349 e. The van der Waals surface area contributed by atoms with E-state index in [9.17, 15) is 19.2 Å². The Bertz CT molecular complexity index is 967. The first kappa shape index (κ1) is 18.9. The Morgan fingerprint density at radius 2 is 1.93 bits per heavy atom. The van der Waals surface area contributed by atoms with Crippen molar-refractivity contribution in [1.29, 1.82) is 0 Å². The van der Waals surface area contributed by atoms with Crippen molar-refractivity contribution in [2.24, 2.45) is 0 Å². The molecule has 0 atom stereocenters. The van der Waals surface area contributed by atoms with Crippen LogP contribution in [0.4, 0.5) is 4.79 Å². The van der Waals surface area contributed by atoms with Crippen LogP contribution in [0.3, 0.4) is 0 Å². The van der Waals surface area contributed by atoms with Crippen molar-refractivity contribution in [3.63, 3.8) is 0 Å². The molecule has 1 fully saturated rings. The molecule has 2 heterocycles. The second-order valence-electron chi connectivity index (χ2n) is 5.45. The van der Waals surface area contributed by atoms with E-state index in [-0.39, 0.29) is 18.8 Å². The molecule has 0 bridgehead atoms. The quantitative estimate of drug-likeness (QED) is 0.736. The van der Waals surface area contributed by atoms with Gasteiger partial charge in [-0.1, -0.05) is 23.7 Å². The van der Waals surface area contributed by atoms with Crippen LogP contribution in [0.1, 0.15) is 16.1 Å². The molecule has 1 aliphatic heterocycles. The average molecular weight is 405 g/mol. The highest BCUT2D eigenvalue weighted by atomic mass is 35.5. The van der Waals surface area contributed by atoms with Crippen molar-refractivity contribution < 1.29 is 14.4 Å². The van der Waals surface area contributed by atoms with Gasteiger partial charge in [-0.3, -0.25) is 24.1 Å². The first-order valence-corrected chi connectivity index (χ1v) is 8.98. The summed E-state index contributed by atoms with van der Waals surface area (Å²) in [5.74, 6) is -0.939. The molecule has 1 aromatic carbocycles. The maximum absolute atomic E-state index is 12.4. The van der Waals surface area contributed by atoms with Crippen molar-refractivity contribution in [3.8, 4) is 0 Å². The van der Waals surface area contributed by atoms with E-state index >= 15 is 0 Å². The number of hydrogen-bond acceptors (Lipinski definition) is 6. The first-order valence-electron chi connectivity index (χ1n) is 7.79. The zero-order chi connectivity index (χ0) is 19.4. The van der Waals surface area contributed by atoms with Crippen LogP contribution in [-0.4, -0.2) is 45.2 Å². The van der Waals surface area contributed by atoms with E-state index in [2.05, 4.69) is 15.5 Å². The molecule has 27 heavy (non-hydrogen) atoms. The standard InChI is InChI=1S/C17H13ClN4O4S/c18-11-3-1-10(2-4-11)9-13-16(25)22(17(26)27-13)8-7-19-15(24)12-5-6-14(23)21-20-12/h1-6,9H,7-8H2,(H,19,24)(H,21,23).